The number of nitrogens with two attached hydrogens (primary N) is 1. The number of hydrogen-bond donors (Lipinski definition) is 1. The molecule has 3 nitrogen and oxygen atoms in total. The Hall–Kier alpha value is 0.750. The highest BCUT2D eigenvalue weighted by molar-refractivity contribution is 5.86. The summed E-state index contributed by atoms with van der Waals surface area (Å²) >= 11 is 0. The molecule has 0 spiro atoms. The van der Waals surface area contributed by atoms with Crippen LogP contribution in [-0.2, 0) is 0 Å². The van der Waals surface area contributed by atoms with Crippen molar-refractivity contribution in [2.45, 2.75) is 37.8 Å². The summed E-state index contributed by atoms with van der Waals surface area (Å²) in [6.07, 6.45) is 5.11. The highest BCUT2D eigenvalue weighted by atomic mass is 35.5. The zero-order valence-electron chi connectivity index (χ0n) is 10.5. The van der Waals surface area contributed by atoms with Crippen molar-refractivity contribution in [1.29, 1.82) is 0 Å². The number of hydrogen-bond acceptors (Lipinski definition) is 3. The lowest BCUT2D eigenvalue weighted by molar-refractivity contribution is 0.0882. The summed E-state index contributed by atoms with van der Waals surface area (Å²) in [5.41, 5.74) is 5.92. The van der Waals surface area contributed by atoms with Crippen LogP contribution in [0.3, 0.4) is 0 Å². The van der Waals surface area contributed by atoms with Crippen molar-refractivity contribution >= 4 is 37.2 Å². The smallest absolute Gasteiger partial charge is 0.0113 e. The second-order valence-electron chi connectivity index (χ2n) is 4.91. The molecular formula is C11H26Cl3N3. The first-order chi connectivity index (χ1) is 6.75. The molecule has 2 aliphatic rings. The fraction of sp³-hybridized carbons (Fsp3) is 1.00. The maximum Gasteiger partial charge on any atom is 0.0113 e. The minimum atomic E-state index is 0. The van der Waals surface area contributed by atoms with Crippen LogP contribution >= 0.6 is 37.2 Å². The van der Waals surface area contributed by atoms with Crippen LogP contribution in [0.5, 0.6) is 0 Å². The van der Waals surface area contributed by atoms with Gasteiger partial charge in [0.2, 0.25) is 0 Å². The van der Waals surface area contributed by atoms with E-state index in [0.29, 0.717) is 6.04 Å². The van der Waals surface area contributed by atoms with Crippen LogP contribution in [0.2, 0.25) is 0 Å². The Labute approximate surface area is 124 Å². The lowest BCUT2D eigenvalue weighted by atomic mass is 9.90. The largest absolute Gasteiger partial charge is 0.328 e. The van der Waals surface area contributed by atoms with E-state index in [1.807, 2.05) is 0 Å². The zero-order valence-corrected chi connectivity index (χ0v) is 13.0. The standard InChI is InChI=1S/C11H23N3.3ClH/c1-13-6-8-14(9-7-13)11-4-2-10(12)3-5-11;;;/h10-11H,2-9,12H2,1H3;3*1H. The van der Waals surface area contributed by atoms with Crippen LogP contribution in [0.1, 0.15) is 25.7 Å². The van der Waals surface area contributed by atoms with Gasteiger partial charge in [0, 0.05) is 38.3 Å². The fourth-order valence-electron chi connectivity index (χ4n) is 2.65. The Bertz CT molecular complexity index is 159. The van der Waals surface area contributed by atoms with Gasteiger partial charge in [0.05, 0.1) is 0 Å². The molecule has 0 bridgehead atoms. The van der Waals surface area contributed by atoms with E-state index >= 15 is 0 Å². The molecule has 6 heteroatoms. The van der Waals surface area contributed by atoms with E-state index in [4.69, 9.17) is 5.73 Å². The molecule has 0 aromatic carbocycles. The molecule has 17 heavy (non-hydrogen) atoms. The molecule has 0 amide bonds. The molecule has 0 aromatic rings. The molecule has 1 saturated heterocycles. The van der Waals surface area contributed by atoms with Gasteiger partial charge < -0.3 is 10.6 Å². The minimum absolute atomic E-state index is 0. The first kappa shape index (κ1) is 20.1. The average Bonchev–Trinajstić information content (AvgIpc) is 2.21. The molecule has 1 saturated carbocycles. The number of likely N-dealkylation sites (N-methyl/N-ethyl adjacent to an activating group) is 1. The summed E-state index contributed by atoms with van der Waals surface area (Å²) in [6.45, 7) is 5.00. The monoisotopic (exact) mass is 305 g/mol. The molecule has 0 atom stereocenters. The van der Waals surface area contributed by atoms with Gasteiger partial charge in [0.1, 0.15) is 0 Å². The normalized spacial score (nSPS) is 30.7. The Morgan fingerprint density at radius 1 is 0.824 bits per heavy atom. The van der Waals surface area contributed by atoms with Gasteiger partial charge in [-0.15, -0.1) is 37.2 Å². The lowest BCUT2D eigenvalue weighted by Gasteiger charge is -2.40. The fourth-order valence-corrected chi connectivity index (χ4v) is 2.65. The topological polar surface area (TPSA) is 32.5 Å². The van der Waals surface area contributed by atoms with Gasteiger partial charge >= 0.3 is 0 Å². The summed E-state index contributed by atoms with van der Waals surface area (Å²) in [6, 6.07) is 1.32. The maximum atomic E-state index is 5.92. The molecule has 0 radical (unpaired) electrons. The van der Waals surface area contributed by atoms with Gasteiger partial charge in [-0.05, 0) is 32.7 Å². The number of rotatable bonds is 1. The first-order valence-corrected chi connectivity index (χ1v) is 5.94. The predicted octanol–water partition coefficient (Wildman–Crippen LogP) is 1.77. The van der Waals surface area contributed by atoms with Gasteiger partial charge in [-0.1, -0.05) is 0 Å². The van der Waals surface area contributed by atoms with E-state index in [2.05, 4.69) is 16.8 Å². The summed E-state index contributed by atoms with van der Waals surface area (Å²) < 4.78 is 0. The van der Waals surface area contributed by atoms with Crippen molar-refractivity contribution in [3.63, 3.8) is 0 Å². The van der Waals surface area contributed by atoms with E-state index in [-0.39, 0.29) is 37.2 Å². The summed E-state index contributed by atoms with van der Waals surface area (Å²) in [7, 11) is 2.22. The Balaban J connectivity index is 0. The highest BCUT2D eigenvalue weighted by Crippen LogP contribution is 2.22. The molecule has 2 N–H and O–H groups in total. The third kappa shape index (κ3) is 5.95. The molecule has 0 unspecified atom stereocenters. The third-order valence-electron chi connectivity index (χ3n) is 3.80. The SMILES string of the molecule is CN1CCN(C2CCC(N)CC2)CC1.Cl.Cl.Cl. The van der Waals surface area contributed by atoms with Crippen molar-refractivity contribution in [2.24, 2.45) is 5.73 Å². The van der Waals surface area contributed by atoms with E-state index in [1.54, 1.807) is 0 Å². The summed E-state index contributed by atoms with van der Waals surface area (Å²) in [4.78, 5) is 5.09. The number of halogens is 3. The van der Waals surface area contributed by atoms with Gasteiger partial charge in [0.15, 0.2) is 0 Å². The summed E-state index contributed by atoms with van der Waals surface area (Å²) in [5.74, 6) is 0. The molecule has 0 aromatic heterocycles. The maximum absolute atomic E-state index is 5.92. The van der Waals surface area contributed by atoms with Gasteiger partial charge in [-0.2, -0.15) is 0 Å². The second-order valence-corrected chi connectivity index (χ2v) is 4.91. The number of piperazine rings is 1. The van der Waals surface area contributed by atoms with Crippen molar-refractivity contribution in [1.82, 2.24) is 9.80 Å². The van der Waals surface area contributed by atoms with Crippen LogP contribution < -0.4 is 5.73 Å². The highest BCUT2D eigenvalue weighted by Gasteiger charge is 2.25. The van der Waals surface area contributed by atoms with E-state index in [0.717, 1.165) is 6.04 Å². The van der Waals surface area contributed by atoms with Crippen molar-refractivity contribution in [3.8, 4) is 0 Å². The average molecular weight is 307 g/mol. The minimum Gasteiger partial charge on any atom is -0.328 e. The molecule has 1 heterocycles. The lowest BCUT2D eigenvalue weighted by Crippen LogP contribution is -2.50. The second kappa shape index (κ2) is 9.65. The Morgan fingerprint density at radius 3 is 1.76 bits per heavy atom. The quantitative estimate of drug-likeness (QED) is 0.801. The zero-order chi connectivity index (χ0) is 9.97. The van der Waals surface area contributed by atoms with Crippen LogP contribution in [0.25, 0.3) is 0 Å². The van der Waals surface area contributed by atoms with Crippen LogP contribution in [-0.4, -0.2) is 55.1 Å². The first-order valence-electron chi connectivity index (χ1n) is 5.94. The number of nitrogens with zero attached hydrogens (tertiary/aromatic N) is 2. The van der Waals surface area contributed by atoms with Gasteiger partial charge in [0.25, 0.3) is 0 Å². The molecule has 1 aliphatic heterocycles. The Kier molecular flexibility index (Phi) is 11.4. The molecule has 2 rings (SSSR count). The molecule has 2 fully saturated rings. The molecule has 106 valence electrons. The van der Waals surface area contributed by atoms with Crippen LogP contribution in [0.4, 0.5) is 0 Å². The van der Waals surface area contributed by atoms with Crippen LogP contribution in [0, 0.1) is 0 Å². The van der Waals surface area contributed by atoms with E-state index < -0.39 is 0 Å². The molecule has 1 aliphatic carbocycles. The Morgan fingerprint density at radius 2 is 1.29 bits per heavy atom. The van der Waals surface area contributed by atoms with Gasteiger partial charge in [-0.3, -0.25) is 4.90 Å². The van der Waals surface area contributed by atoms with Crippen molar-refractivity contribution < 1.29 is 0 Å². The molecular weight excluding hydrogens is 281 g/mol. The van der Waals surface area contributed by atoms with E-state index in [9.17, 15) is 0 Å². The van der Waals surface area contributed by atoms with E-state index in [1.165, 1.54) is 51.9 Å². The van der Waals surface area contributed by atoms with Gasteiger partial charge in [-0.25, -0.2) is 0 Å². The predicted molar refractivity (Wildman–Crippen MR) is 81.0 cm³/mol. The summed E-state index contributed by atoms with van der Waals surface area (Å²) in [5, 5.41) is 0. The van der Waals surface area contributed by atoms with Crippen molar-refractivity contribution in [3.05, 3.63) is 0 Å². The van der Waals surface area contributed by atoms with Crippen molar-refractivity contribution in [2.75, 3.05) is 33.2 Å². The third-order valence-corrected chi connectivity index (χ3v) is 3.80. The van der Waals surface area contributed by atoms with Crippen LogP contribution in [0.15, 0.2) is 0 Å².